The highest BCUT2D eigenvalue weighted by Gasteiger charge is 2.39. The van der Waals surface area contributed by atoms with E-state index < -0.39 is 11.9 Å². The Balaban J connectivity index is 0.751. The van der Waals surface area contributed by atoms with Crippen LogP contribution in [0.15, 0.2) is 102 Å². The fraction of sp³-hybridized carbons (Fsp3) is 0.298. The first-order valence-corrected chi connectivity index (χ1v) is 21.5. The Labute approximate surface area is 368 Å². The van der Waals surface area contributed by atoms with Crippen molar-refractivity contribution < 1.29 is 19.1 Å². The number of hydrogen-bond acceptors (Lipinski definition) is 12. The fourth-order valence-electron chi connectivity index (χ4n) is 8.85. The van der Waals surface area contributed by atoms with Gasteiger partial charge in [0, 0.05) is 89.6 Å². The molecule has 1 aliphatic carbocycles. The van der Waals surface area contributed by atoms with Crippen LogP contribution in [0.3, 0.4) is 0 Å². The average Bonchev–Trinajstić information content (AvgIpc) is 3.85. The lowest BCUT2D eigenvalue weighted by atomic mass is 10.0. The number of imide groups is 1. The lowest BCUT2D eigenvalue weighted by molar-refractivity contribution is -0.135. The smallest absolute Gasteiger partial charge is 0.329 e. The van der Waals surface area contributed by atoms with E-state index in [1.54, 1.807) is 23.2 Å². The second kappa shape index (κ2) is 16.7. The maximum atomic E-state index is 13.2. The Hall–Kier alpha value is -7.37. The molecule has 3 unspecified atom stereocenters. The van der Waals surface area contributed by atoms with Crippen LogP contribution in [0.1, 0.15) is 41.4 Å². The van der Waals surface area contributed by atoms with Gasteiger partial charge in [0.15, 0.2) is 17.2 Å². The number of pyridine rings is 1. The second-order valence-electron chi connectivity index (χ2n) is 16.6. The van der Waals surface area contributed by atoms with Crippen molar-refractivity contribution in [2.24, 2.45) is 7.05 Å². The maximum absolute atomic E-state index is 13.2. The highest BCUT2D eigenvalue weighted by molar-refractivity contribution is 6.00. The van der Waals surface area contributed by atoms with E-state index in [0.717, 1.165) is 89.7 Å². The van der Waals surface area contributed by atoms with Crippen molar-refractivity contribution >= 4 is 57.3 Å². The quantitative estimate of drug-likeness (QED) is 0.124. The van der Waals surface area contributed by atoms with E-state index in [0.29, 0.717) is 29.1 Å². The summed E-state index contributed by atoms with van der Waals surface area (Å²) in [4.78, 5) is 64.8. The van der Waals surface area contributed by atoms with Crippen molar-refractivity contribution in [3.8, 4) is 22.4 Å². The first kappa shape index (κ1) is 40.7. The SMILES string of the molecule is CNc1cc(Nc2cccc(-c3ccc(CN4CCN(c5ccc(-c6ccc7c(c6)n(C)c(=O)n7C6CCC(=O)NC6=O)cc5)CC4)cn3)c2)nn2c(C(=O)NC3CC3OC)cnc12. The zero-order chi connectivity index (χ0) is 44.1. The van der Waals surface area contributed by atoms with Gasteiger partial charge in [-0.3, -0.25) is 38.7 Å². The van der Waals surface area contributed by atoms with Crippen molar-refractivity contribution in [1.82, 2.24) is 44.2 Å². The van der Waals surface area contributed by atoms with Crippen LogP contribution in [-0.2, 0) is 27.9 Å². The summed E-state index contributed by atoms with van der Waals surface area (Å²) in [5.41, 5.74) is 9.70. The number of piperazine rings is 1. The number of amides is 3. The molecule has 0 radical (unpaired) electrons. The number of benzene rings is 3. The lowest BCUT2D eigenvalue weighted by Gasteiger charge is -2.36. The molecule has 0 spiro atoms. The molecule has 3 aliphatic rings. The number of ether oxygens (including phenoxy) is 1. The molecule has 17 nitrogen and oxygen atoms in total. The minimum atomic E-state index is -0.714. The highest BCUT2D eigenvalue weighted by atomic mass is 16.5. The van der Waals surface area contributed by atoms with E-state index in [-0.39, 0.29) is 36.1 Å². The Morgan fingerprint density at radius 1 is 0.875 bits per heavy atom. The van der Waals surface area contributed by atoms with Crippen molar-refractivity contribution in [3.63, 3.8) is 0 Å². The van der Waals surface area contributed by atoms with Crippen LogP contribution in [0.2, 0.25) is 0 Å². The molecular formula is C47H48N12O5. The zero-order valence-corrected chi connectivity index (χ0v) is 35.7. The molecule has 10 rings (SSSR count). The summed E-state index contributed by atoms with van der Waals surface area (Å²) in [7, 11) is 5.16. The summed E-state index contributed by atoms with van der Waals surface area (Å²) in [5, 5.41) is 16.7. The number of methoxy groups -OCH3 is 1. The van der Waals surface area contributed by atoms with E-state index in [1.807, 2.05) is 61.8 Å². The largest absolute Gasteiger partial charge is 0.385 e. The first-order valence-electron chi connectivity index (χ1n) is 21.5. The monoisotopic (exact) mass is 860 g/mol. The number of imidazole rings is 2. The number of piperidine rings is 1. The average molecular weight is 861 g/mol. The second-order valence-corrected chi connectivity index (χ2v) is 16.6. The van der Waals surface area contributed by atoms with Crippen molar-refractivity contribution in [3.05, 3.63) is 119 Å². The van der Waals surface area contributed by atoms with Gasteiger partial charge in [-0.2, -0.15) is 0 Å². The predicted octanol–water partition coefficient (Wildman–Crippen LogP) is 4.71. The third kappa shape index (κ3) is 7.83. The molecule has 7 aromatic rings. The molecule has 17 heteroatoms. The Kier molecular flexibility index (Phi) is 10.6. The summed E-state index contributed by atoms with van der Waals surface area (Å²) >= 11 is 0. The minimum absolute atomic E-state index is 0.0123. The van der Waals surface area contributed by atoms with Gasteiger partial charge in [0.1, 0.15) is 6.04 Å². The van der Waals surface area contributed by atoms with E-state index in [4.69, 9.17) is 14.8 Å². The first-order chi connectivity index (χ1) is 31.1. The Morgan fingerprint density at radius 2 is 1.69 bits per heavy atom. The van der Waals surface area contributed by atoms with Crippen LogP contribution in [0.5, 0.6) is 0 Å². The summed E-state index contributed by atoms with van der Waals surface area (Å²) < 4.78 is 9.96. The van der Waals surface area contributed by atoms with Crippen molar-refractivity contribution in [2.45, 2.75) is 44.0 Å². The summed E-state index contributed by atoms with van der Waals surface area (Å²) in [5.74, 6) is -0.453. The number of hydrogen-bond donors (Lipinski definition) is 4. The predicted molar refractivity (Wildman–Crippen MR) is 244 cm³/mol. The van der Waals surface area contributed by atoms with E-state index >= 15 is 0 Å². The van der Waals surface area contributed by atoms with Crippen molar-refractivity contribution in [1.29, 1.82) is 0 Å². The van der Waals surface area contributed by atoms with E-state index in [9.17, 15) is 19.2 Å². The Bertz CT molecular complexity index is 2990. The van der Waals surface area contributed by atoms with E-state index in [1.165, 1.54) is 10.8 Å². The molecule has 4 aromatic heterocycles. The maximum Gasteiger partial charge on any atom is 0.329 e. The number of anilines is 4. The molecule has 1 saturated carbocycles. The highest BCUT2D eigenvalue weighted by Crippen LogP contribution is 2.31. The third-order valence-electron chi connectivity index (χ3n) is 12.5. The minimum Gasteiger partial charge on any atom is -0.385 e. The number of rotatable bonds is 12. The number of carbonyl (C=O) groups excluding carboxylic acids is 3. The van der Waals surface area contributed by atoms with Gasteiger partial charge in [0.2, 0.25) is 11.8 Å². The van der Waals surface area contributed by atoms with Gasteiger partial charge < -0.3 is 25.6 Å². The van der Waals surface area contributed by atoms with E-state index in [2.05, 4.69) is 72.4 Å². The zero-order valence-electron chi connectivity index (χ0n) is 35.7. The van der Waals surface area contributed by atoms with Gasteiger partial charge in [-0.05, 0) is 72.0 Å². The van der Waals surface area contributed by atoms with Gasteiger partial charge in [0.25, 0.3) is 5.91 Å². The lowest BCUT2D eigenvalue weighted by Crippen LogP contribution is -2.45. The van der Waals surface area contributed by atoms with Crippen LogP contribution in [-0.4, -0.2) is 104 Å². The summed E-state index contributed by atoms with van der Waals surface area (Å²) in [6.45, 7) is 4.44. The number of fused-ring (bicyclic) bond motifs is 2. The molecule has 3 atom stereocenters. The Morgan fingerprint density at radius 3 is 2.42 bits per heavy atom. The van der Waals surface area contributed by atoms with Crippen LogP contribution in [0.4, 0.5) is 22.9 Å². The molecule has 3 fully saturated rings. The third-order valence-corrected chi connectivity index (χ3v) is 12.5. The molecule has 4 N–H and O–H groups in total. The standard InChI is InChI=1S/C47H48N12O5/c1-48-36-24-42(54-59-40(26-50-44(36)59)46(62)52-35-23-41(35)64-3)51-32-6-4-5-31(21-32)34-13-7-28(25-49-34)27-56-17-19-57(20-18-56)33-11-8-29(9-12-33)30-10-14-37-39(22-30)55(2)47(63)58(37)38-15-16-43(60)53-45(38)61/h4-14,21-22,24-26,35,38,41,48H,15-20,23,27H2,1-3H3,(H,51,54)(H,52,62)(H,53,60,61). The molecule has 6 heterocycles. The van der Waals surface area contributed by atoms with Crippen molar-refractivity contribution in [2.75, 3.05) is 55.9 Å². The molecule has 326 valence electrons. The molecule has 64 heavy (non-hydrogen) atoms. The molecule has 3 amide bonds. The van der Waals surface area contributed by atoms with Gasteiger partial charge >= 0.3 is 5.69 Å². The van der Waals surface area contributed by atoms with Crippen LogP contribution in [0.25, 0.3) is 39.1 Å². The molecule has 2 saturated heterocycles. The van der Waals surface area contributed by atoms with Crippen LogP contribution in [0, 0.1) is 0 Å². The molecule has 0 bridgehead atoms. The summed E-state index contributed by atoms with van der Waals surface area (Å²) in [6, 6.07) is 27.7. The fourth-order valence-corrected chi connectivity index (χ4v) is 8.85. The number of carbonyl (C=O) groups is 3. The van der Waals surface area contributed by atoms with Gasteiger partial charge in [-0.15, -0.1) is 5.10 Å². The topological polar surface area (TPSA) is 185 Å². The number of aryl methyl sites for hydroxylation is 1. The van der Waals surface area contributed by atoms with Gasteiger partial charge in [-0.25, -0.2) is 14.3 Å². The summed E-state index contributed by atoms with van der Waals surface area (Å²) in [6.07, 6.45) is 4.82. The number of aromatic nitrogens is 6. The number of nitrogens with one attached hydrogen (secondary N) is 4. The van der Waals surface area contributed by atoms with Crippen LogP contribution < -0.4 is 31.9 Å². The normalized spacial score (nSPS) is 18.9. The number of nitrogens with zero attached hydrogens (tertiary/aromatic N) is 8. The van der Waals surface area contributed by atoms with Gasteiger partial charge in [0.05, 0.1) is 40.8 Å². The van der Waals surface area contributed by atoms with Crippen LogP contribution >= 0.6 is 0 Å². The van der Waals surface area contributed by atoms with Gasteiger partial charge in [-0.1, -0.05) is 36.4 Å². The molecule has 3 aromatic carbocycles. The molecule has 2 aliphatic heterocycles. The molecular weight excluding hydrogens is 813 g/mol.